The molecule has 0 N–H and O–H groups in total. The summed E-state index contributed by atoms with van der Waals surface area (Å²) in [6.07, 6.45) is 3.52. The van der Waals surface area contributed by atoms with Gasteiger partial charge in [0.15, 0.2) is 0 Å². The predicted octanol–water partition coefficient (Wildman–Crippen LogP) is 3.71. The minimum absolute atomic E-state index is 0.0928. The SMILES string of the molecule is C=C1CC2CCC(C1)N2S(=O)(=O)c1cccc2ccccc12. The molecule has 22 heavy (non-hydrogen) atoms. The predicted molar refractivity (Wildman–Crippen MR) is 88.2 cm³/mol. The van der Waals surface area contributed by atoms with E-state index in [-0.39, 0.29) is 12.1 Å². The van der Waals surface area contributed by atoms with Gasteiger partial charge in [0.1, 0.15) is 0 Å². The van der Waals surface area contributed by atoms with Crippen LogP contribution in [0.25, 0.3) is 10.8 Å². The Morgan fingerprint density at radius 1 is 0.955 bits per heavy atom. The van der Waals surface area contributed by atoms with E-state index in [1.807, 2.05) is 36.4 Å². The normalized spacial score (nSPS) is 25.7. The summed E-state index contributed by atoms with van der Waals surface area (Å²) < 4.78 is 28.3. The number of fused-ring (bicyclic) bond motifs is 3. The molecule has 2 heterocycles. The number of piperidine rings is 1. The van der Waals surface area contributed by atoms with Crippen LogP contribution in [0.15, 0.2) is 59.5 Å². The molecule has 4 rings (SSSR count). The van der Waals surface area contributed by atoms with E-state index in [1.54, 1.807) is 10.4 Å². The average molecular weight is 313 g/mol. The molecule has 0 aromatic heterocycles. The highest BCUT2D eigenvalue weighted by Gasteiger charge is 2.45. The van der Waals surface area contributed by atoms with Crippen LogP contribution in [0.3, 0.4) is 0 Å². The first-order chi connectivity index (χ1) is 10.6. The number of hydrogen-bond acceptors (Lipinski definition) is 2. The van der Waals surface area contributed by atoms with Gasteiger partial charge in [-0.1, -0.05) is 48.6 Å². The molecule has 2 aliphatic rings. The van der Waals surface area contributed by atoms with Crippen molar-refractivity contribution in [3.8, 4) is 0 Å². The van der Waals surface area contributed by atoms with E-state index in [0.717, 1.165) is 36.5 Å². The van der Waals surface area contributed by atoms with Gasteiger partial charge in [-0.15, -0.1) is 0 Å². The maximum atomic E-state index is 13.3. The minimum Gasteiger partial charge on any atom is -0.207 e. The van der Waals surface area contributed by atoms with Crippen LogP contribution in [0.2, 0.25) is 0 Å². The van der Waals surface area contributed by atoms with E-state index < -0.39 is 10.0 Å². The molecule has 2 unspecified atom stereocenters. The quantitative estimate of drug-likeness (QED) is 0.793. The van der Waals surface area contributed by atoms with Crippen molar-refractivity contribution in [2.75, 3.05) is 0 Å². The van der Waals surface area contributed by atoms with Crippen molar-refractivity contribution < 1.29 is 8.42 Å². The summed E-state index contributed by atoms with van der Waals surface area (Å²) in [6, 6.07) is 13.4. The molecule has 0 amide bonds. The van der Waals surface area contributed by atoms with Crippen molar-refractivity contribution in [3.63, 3.8) is 0 Å². The van der Waals surface area contributed by atoms with Gasteiger partial charge in [-0.2, -0.15) is 4.31 Å². The van der Waals surface area contributed by atoms with Gasteiger partial charge in [0.2, 0.25) is 10.0 Å². The van der Waals surface area contributed by atoms with E-state index >= 15 is 0 Å². The van der Waals surface area contributed by atoms with Crippen LogP contribution in [0, 0.1) is 0 Å². The Morgan fingerprint density at radius 2 is 1.59 bits per heavy atom. The lowest BCUT2D eigenvalue weighted by atomic mass is 10.0. The van der Waals surface area contributed by atoms with Crippen molar-refractivity contribution in [1.29, 1.82) is 0 Å². The van der Waals surface area contributed by atoms with Crippen LogP contribution in [0.1, 0.15) is 25.7 Å². The summed E-state index contributed by atoms with van der Waals surface area (Å²) in [5, 5.41) is 1.78. The Labute approximate surface area is 131 Å². The van der Waals surface area contributed by atoms with Gasteiger partial charge in [-0.05, 0) is 37.1 Å². The van der Waals surface area contributed by atoms with E-state index in [2.05, 4.69) is 6.58 Å². The summed E-state index contributed by atoms with van der Waals surface area (Å²) in [6.45, 7) is 4.07. The minimum atomic E-state index is -3.46. The highest BCUT2D eigenvalue weighted by molar-refractivity contribution is 7.89. The van der Waals surface area contributed by atoms with E-state index in [4.69, 9.17) is 0 Å². The summed E-state index contributed by atoms with van der Waals surface area (Å²) in [7, 11) is -3.46. The Balaban J connectivity index is 1.86. The van der Waals surface area contributed by atoms with Crippen molar-refractivity contribution in [1.82, 2.24) is 4.31 Å². The summed E-state index contributed by atoms with van der Waals surface area (Å²) in [4.78, 5) is 0.440. The standard InChI is InChI=1S/C18H19NO2S/c1-13-11-15-9-10-16(12-13)19(15)22(20,21)18-8-4-6-14-5-2-3-7-17(14)18/h2-8,15-16H,1,9-12H2. The number of hydrogen-bond donors (Lipinski definition) is 0. The third kappa shape index (κ3) is 2.02. The molecular weight excluding hydrogens is 294 g/mol. The molecule has 2 aromatic rings. The number of benzene rings is 2. The summed E-state index contributed by atoms with van der Waals surface area (Å²) >= 11 is 0. The molecule has 3 nitrogen and oxygen atoms in total. The fourth-order valence-corrected chi connectivity index (χ4v) is 6.08. The van der Waals surface area contributed by atoms with Crippen molar-refractivity contribution >= 4 is 20.8 Å². The zero-order chi connectivity index (χ0) is 15.3. The lowest BCUT2D eigenvalue weighted by Crippen LogP contribution is -2.44. The van der Waals surface area contributed by atoms with E-state index in [0.29, 0.717) is 4.90 Å². The van der Waals surface area contributed by atoms with Crippen LogP contribution in [0.5, 0.6) is 0 Å². The number of nitrogens with zero attached hydrogens (tertiary/aromatic N) is 1. The smallest absolute Gasteiger partial charge is 0.207 e. The Kier molecular flexibility index (Phi) is 3.13. The van der Waals surface area contributed by atoms with Crippen molar-refractivity contribution in [3.05, 3.63) is 54.6 Å². The Hall–Kier alpha value is -1.65. The van der Waals surface area contributed by atoms with Gasteiger partial charge in [0.25, 0.3) is 0 Å². The second kappa shape index (κ2) is 4.93. The maximum absolute atomic E-state index is 13.3. The van der Waals surface area contributed by atoms with Crippen LogP contribution < -0.4 is 0 Å². The van der Waals surface area contributed by atoms with Gasteiger partial charge in [0.05, 0.1) is 4.90 Å². The van der Waals surface area contributed by atoms with Crippen LogP contribution in [-0.4, -0.2) is 24.8 Å². The molecule has 2 aromatic carbocycles. The highest BCUT2D eigenvalue weighted by atomic mass is 32.2. The molecule has 2 aliphatic heterocycles. The Morgan fingerprint density at radius 3 is 2.32 bits per heavy atom. The second-order valence-corrected chi connectivity index (χ2v) is 8.17. The first-order valence-electron chi connectivity index (χ1n) is 7.75. The zero-order valence-corrected chi connectivity index (χ0v) is 13.2. The largest absolute Gasteiger partial charge is 0.244 e. The molecule has 2 fully saturated rings. The first kappa shape index (κ1) is 14.0. The fourth-order valence-electron chi connectivity index (χ4n) is 4.00. The van der Waals surface area contributed by atoms with Gasteiger partial charge in [-0.3, -0.25) is 0 Å². The van der Waals surface area contributed by atoms with E-state index in [9.17, 15) is 8.42 Å². The molecule has 0 spiro atoms. The average Bonchev–Trinajstić information content (AvgIpc) is 2.80. The van der Waals surface area contributed by atoms with Crippen LogP contribution >= 0.6 is 0 Å². The zero-order valence-electron chi connectivity index (χ0n) is 12.4. The molecule has 0 aliphatic carbocycles. The third-order valence-electron chi connectivity index (χ3n) is 4.91. The molecule has 114 valence electrons. The van der Waals surface area contributed by atoms with Crippen molar-refractivity contribution in [2.24, 2.45) is 0 Å². The molecular formula is C18H19NO2S. The number of rotatable bonds is 2. The molecule has 0 radical (unpaired) electrons. The molecule has 2 saturated heterocycles. The fraction of sp³-hybridized carbons (Fsp3) is 0.333. The van der Waals surface area contributed by atoms with Crippen LogP contribution in [-0.2, 0) is 10.0 Å². The number of sulfonamides is 1. The van der Waals surface area contributed by atoms with Gasteiger partial charge in [-0.25, -0.2) is 8.42 Å². The summed E-state index contributed by atoms with van der Waals surface area (Å²) in [5.74, 6) is 0. The van der Waals surface area contributed by atoms with Gasteiger partial charge in [0, 0.05) is 17.5 Å². The lowest BCUT2D eigenvalue weighted by molar-refractivity contribution is 0.286. The third-order valence-corrected chi connectivity index (χ3v) is 6.97. The lowest BCUT2D eigenvalue weighted by Gasteiger charge is -2.35. The second-order valence-electron chi connectivity index (χ2n) is 6.36. The van der Waals surface area contributed by atoms with Crippen molar-refractivity contribution in [2.45, 2.75) is 42.7 Å². The van der Waals surface area contributed by atoms with E-state index in [1.165, 1.54) is 5.57 Å². The molecule has 2 bridgehead atoms. The molecule has 2 atom stereocenters. The highest BCUT2D eigenvalue weighted by Crippen LogP contribution is 2.42. The van der Waals surface area contributed by atoms with Crippen LogP contribution in [0.4, 0.5) is 0 Å². The summed E-state index contributed by atoms with van der Waals surface area (Å²) in [5.41, 5.74) is 1.19. The van der Waals surface area contributed by atoms with Gasteiger partial charge < -0.3 is 0 Å². The molecule has 0 saturated carbocycles. The van der Waals surface area contributed by atoms with Gasteiger partial charge >= 0.3 is 0 Å². The molecule has 4 heteroatoms. The Bertz CT molecular complexity index is 835. The topological polar surface area (TPSA) is 37.4 Å². The maximum Gasteiger partial charge on any atom is 0.244 e. The first-order valence-corrected chi connectivity index (χ1v) is 9.19. The monoisotopic (exact) mass is 313 g/mol.